The summed E-state index contributed by atoms with van der Waals surface area (Å²) in [6.45, 7) is 2.67. The molecule has 1 atom stereocenters. The van der Waals surface area contributed by atoms with Crippen molar-refractivity contribution < 1.29 is 4.74 Å². The maximum atomic E-state index is 5.62. The van der Waals surface area contributed by atoms with Crippen LogP contribution >= 0.6 is 11.6 Å². The SMILES string of the molecule is CN[C@H](C)COc1ccc(Cl)nc1. The third-order valence-corrected chi connectivity index (χ3v) is 1.92. The van der Waals surface area contributed by atoms with E-state index in [4.69, 9.17) is 16.3 Å². The van der Waals surface area contributed by atoms with Crippen LogP contribution in [0.5, 0.6) is 5.75 Å². The van der Waals surface area contributed by atoms with E-state index in [9.17, 15) is 0 Å². The largest absolute Gasteiger partial charge is 0.490 e. The lowest BCUT2D eigenvalue weighted by Crippen LogP contribution is -2.28. The van der Waals surface area contributed by atoms with E-state index in [2.05, 4.69) is 10.3 Å². The molecule has 1 rings (SSSR count). The minimum atomic E-state index is 0.329. The second kappa shape index (κ2) is 5.04. The molecule has 72 valence electrons. The van der Waals surface area contributed by atoms with E-state index in [-0.39, 0.29) is 0 Å². The van der Waals surface area contributed by atoms with Gasteiger partial charge in [0.1, 0.15) is 17.5 Å². The van der Waals surface area contributed by atoms with E-state index in [1.54, 1.807) is 18.3 Å². The topological polar surface area (TPSA) is 34.1 Å². The molecule has 1 N–H and O–H groups in total. The Balaban J connectivity index is 2.41. The Hall–Kier alpha value is -0.800. The summed E-state index contributed by atoms with van der Waals surface area (Å²) < 4.78 is 5.43. The van der Waals surface area contributed by atoms with Crippen molar-refractivity contribution in [2.45, 2.75) is 13.0 Å². The van der Waals surface area contributed by atoms with E-state index in [1.165, 1.54) is 0 Å². The van der Waals surface area contributed by atoms with Crippen molar-refractivity contribution in [2.24, 2.45) is 0 Å². The van der Waals surface area contributed by atoms with Crippen molar-refractivity contribution in [3.8, 4) is 5.75 Å². The highest BCUT2D eigenvalue weighted by Crippen LogP contribution is 2.11. The molecule has 0 unspecified atom stereocenters. The maximum absolute atomic E-state index is 5.62. The summed E-state index contributed by atoms with van der Waals surface area (Å²) >= 11 is 5.62. The van der Waals surface area contributed by atoms with Gasteiger partial charge in [-0.2, -0.15) is 0 Å². The van der Waals surface area contributed by atoms with E-state index >= 15 is 0 Å². The number of likely N-dealkylation sites (N-methyl/N-ethyl adjacent to an activating group) is 1. The zero-order chi connectivity index (χ0) is 9.68. The van der Waals surface area contributed by atoms with Crippen molar-refractivity contribution >= 4 is 11.6 Å². The number of hydrogen-bond acceptors (Lipinski definition) is 3. The molecule has 0 saturated heterocycles. The molecule has 1 heterocycles. The second-order valence-corrected chi connectivity index (χ2v) is 3.20. The average Bonchev–Trinajstić information content (AvgIpc) is 2.16. The van der Waals surface area contributed by atoms with Gasteiger partial charge in [0.05, 0.1) is 6.20 Å². The van der Waals surface area contributed by atoms with Gasteiger partial charge in [-0.05, 0) is 26.1 Å². The van der Waals surface area contributed by atoms with Crippen LogP contribution in [0.3, 0.4) is 0 Å². The molecular formula is C9H13ClN2O. The number of ether oxygens (including phenoxy) is 1. The lowest BCUT2D eigenvalue weighted by atomic mass is 10.4. The van der Waals surface area contributed by atoms with Gasteiger partial charge < -0.3 is 10.1 Å². The molecule has 0 amide bonds. The minimum absolute atomic E-state index is 0.329. The van der Waals surface area contributed by atoms with Gasteiger partial charge in [0.15, 0.2) is 0 Å². The third-order valence-electron chi connectivity index (χ3n) is 1.69. The Labute approximate surface area is 83.1 Å². The molecule has 13 heavy (non-hydrogen) atoms. The number of nitrogens with one attached hydrogen (secondary N) is 1. The van der Waals surface area contributed by atoms with Crippen molar-refractivity contribution in [1.82, 2.24) is 10.3 Å². The number of aromatic nitrogens is 1. The normalized spacial score (nSPS) is 12.5. The predicted molar refractivity (Wildman–Crippen MR) is 53.3 cm³/mol. The molecule has 0 bridgehead atoms. The Kier molecular flexibility index (Phi) is 3.99. The molecule has 0 aliphatic heterocycles. The summed E-state index contributed by atoms with van der Waals surface area (Å²) in [4.78, 5) is 3.90. The van der Waals surface area contributed by atoms with Crippen LogP contribution in [0.2, 0.25) is 5.15 Å². The van der Waals surface area contributed by atoms with Crippen molar-refractivity contribution in [3.05, 3.63) is 23.5 Å². The van der Waals surface area contributed by atoms with Gasteiger partial charge in [-0.15, -0.1) is 0 Å². The van der Waals surface area contributed by atoms with Crippen molar-refractivity contribution in [3.63, 3.8) is 0 Å². The number of rotatable bonds is 4. The summed E-state index contributed by atoms with van der Waals surface area (Å²) in [7, 11) is 1.90. The highest BCUT2D eigenvalue weighted by molar-refractivity contribution is 6.29. The number of halogens is 1. The molecule has 0 aliphatic carbocycles. The fraction of sp³-hybridized carbons (Fsp3) is 0.444. The first-order valence-electron chi connectivity index (χ1n) is 4.14. The van der Waals surface area contributed by atoms with Crippen molar-refractivity contribution in [1.29, 1.82) is 0 Å². The molecule has 0 spiro atoms. The van der Waals surface area contributed by atoms with Crippen LogP contribution < -0.4 is 10.1 Å². The monoisotopic (exact) mass is 200 g/mol. The molecular weight excluding hydrogens is 188 g/mol. The van der Waals surface area contributed by atoms with E-state index in [0.717, 1.165) is 5.75 Å². The minimum Gasteiger partial charge on any atom is -0.490 e. The summed E-state index contributed by atoms with van der Waals surface area (Å²) in [5.74, 6) is 0.742. The number of nitrogens with zero attached hydrogens (tertiary/aromatic N) is 1. The van der Waals surface area contributed by atoms with Gasteiger partial charge in [-0.25, -0.2) is 4.98 Å². The Morgan fingerprint density at radius 2 is 2.38 bits per heavy atom. The molecule has 0 aliphatic rings. The molecule has 1 aromatic rings. The fourth-order valence-corrected chi connectivity index (χ4v) is 0.864. The first kappa shape index (κ1) is 10.3. The predicted octanol–water partition coefficient (Wildman–Crippen LogP) is 1.72. The van der Waals surface area contributed by atoms with Crippen LogP contribution in [-0.4, -0.2) is 24.7 Å². The molecule has 0 aromatic carbocycles. The van der Waals surface area contributed by atoms with Gasteiger partial charge in [0.25, 0.3) is 0 Å². The molecule has 0 radical (unpaired) electrons. The second-order valence-electron chi connectivity index (χ2n) is 2.82. The van der Waals surface area contributed by atoms with E-state index < -0.39 is 0 Å². The van der Waals surface area contributed by atoms with E-state index in [0.29, 0.717) is 17.8 Å². The summed E-state index contributed by atoms with van der Waals surface area (Å²) in [5.41, 5.74) is 0. The highest BCUT2D eigenvalue weighted by atomic mass is 35.5. The van der Waals surface area contributed by atoms with Crippen LogP contribution in [0.4, 0.5) is 0 Å². The smallest absolute Gasteiger partial charge is 0.137 e. The maximum Gasteiger partial charge on any atom is 0.137 e. The van der Waals surface area contributed by atoms with Gasteiger partial charge in [-0.1, -0.05) is 11.6 Å². The highest BCUT2D eigenvalue weighted by Gasteiger charge is 1.99. The fourth-order valence-electron chi connectivity index (χ4n) is 0.752. The lowest BCUT2D eigenvalue weighted by Gasteiger charge is -2.11. The van der Waals surface area contributed by atoms with Crippen LogP contribution in [0.15, 0.2) is 18.3 Å². The zero-order valence-electron chi connectivity index (χ0n) is 7.75. The van der Waals surface area contributed by atoms with Crippen molar-refractivity contribution in [2.75, 3.05) is 13.7 Å². The Morgan fingerprint density at radius 3 is 2.92 bits per heavy atom. The van der Waals surface area contributed by atoms with Crippen LogP contribution in [0, 0.1) is 0 Å². The van der Waals surface area contributed by atoms with Gasteiger partial charge in [0.2, 0.25) is 0 Å². The molecule has 0 fully saturated rings. The zero-order valence-corrected chi connectivity index (χ0v) is 8.51. The molecule has 4 heteroatoms. The van der Waals surface area contributed by atoms with Crippen LogP contribution in [0.25, 0.3) is 0 Å². The quantitative estimate of drug-likeness (QED) is 0.752. The first-order chi connectivity index (χ1) is 6.22. The van der Waals surface area contributed by atoms with Crippen LogP contribution in [0.1, 0.15) is 6.92 Å². The molecule has 3 nitrogen and oxygen atoms in total. The first-order valence-corrected chi connectivity index (χ1v) is 4.52. The lowest BCUT2D eigenvalue weighted by molar-refractivity contribution is 0.279. The van der Waals surface area contributed by atoms with Gasteiger partial charge in [-0.3, -0.25) is 0 Å². The summed E-state index contributed by atoms with van der Waals surface area (Å²) in [6, 6.07) is 3.84. The number of hydrogen-bond donors (Lipinski definition) is 1. The summed E-state index contributed by atoms with van der Waals surface area (Å²) in [6.07, 6.45) is 1.62. The average molecular weight is 201 g/mol. The number of pyridine rings is 1. The standard InChI is InChI=1S/C9H13ClN2O/c1-7(11-2)6-13-8-3-4-9(10)12-5-8/h3-5,7,11H,6H2,1-2H3/t7-/m1/s1. The van der Waals surface area contributed by atoms with E-state index in [1.807, 2.05) is 14.0 Å². The summed E-state index contributed by atoms with van der Waals surface area (Å²) in [5, 5.41) is 3.56. The molecule has 0 saturated carbocycles. The molecule has 1 aromatic heterocycles. The van der Waals surface area contributed by atoms with Gasteiger partial charge >= 0.3 is 0 Å². The third kappa shape index (κ3) is 3.61. The van der Waals surface area contributed by atoms with Gasteiger partial charge in [0, 0.05) is 6.04 Å². The Morgan fingerprint density at radius 1 is 1.62 bits per heavy atom. The Bertz CT molecular complexity index is 250. The van der Waals surface area contributed by atoms with Crippen LogP contribution in [-0.2, 0) is 0 Å².